The number of nitrogens with one attached hydrogen (secondary N) is 1. The second-order valence-corrected chi connectivity index (χ2v) is 4.61. The standard InChI is InChI=1S/C13H17FN2O2/c1-8-6-10(4-5-18-8)16-12-7-9(13(15)17)2-3-11(12)14/h2-3,7-8,10,16H,4-6H2,1H3,(H2,15,17). The van der Waals surface area contributed by atoms with E-state index in [0.717, 1.165) is 12.8 Å². The summed E-state index contributed by atoms with van der Waals surface area (Å²) in [5, 5.41) is 3.11. The number of primary amides is 1. The summed E-state index contributed by atoms with van der Waals surface area (Å²) in [4.78, 5) is 11.1. The quantitative estimate of drug-likeness (QED) is 0.863. The predicted octanol–water partition coefficient (Wildman–Crippen LogP) is 1.90. The number of anilines is 1. The second-order valence-electron chi connectivity index (χ2n) is 4.61. The Morgan fingerprint density at radius 1 is 1.56 bits per heavy atom. The normalized spacial score (nSPS) is 23.7. The van der Waals surface area contributed by atoms with Crippen LogP contribution >= 0.6 is 0 Å². The Morgan fingerprint density at radius 2 is 2.33 bits per heavy atom. The number of hydrogen-bond acceptors (Lipinski definition) is 3. The first-order valence-corrected chi connectivity index (χ1v) is 6.03. The zero-order chi connectivity index (χ0) is 13.1. The fourth-order valence-corrected chi connectivity index (χ4v) is 2.14. The molecule has 1 aliphatic rings. The first kappa shape index (κ1) is 12.8. The number of hydrogen-bond donors (Lipinski definition) is 2. The molecule has 3 N–H and O–H groups in total. The van der Waals surface area contributed by atoms with Crippen LogP contribution in [0.4, 0.5) is 10.1 Å². The van der Waals surface area contributed by atoms with Crippen LogP contribution in [-0.4, -0.2) is 24.7 Å². The summed E-state index contributed by atoms with van der Waals surface area (Å²) < 4.78 is 19.1. The third kappa shape index (κ3) is 2.98. The van der Waals surface area contributed by atoms with Gasteiger partial charge in [0.15, 0.2) is 0 Å². The van der Waals surface area contributed by atoms with Gasteiger partial charge in [0.25, 0.3) is 0 Å². The maximum atomic E-state index is 13.6. The molecule has 2 rings (SSSR count). The molecule has 0 spiro atoms. The Morgan fingerprint density at radius 3 is 3.00 bits per heavy atom. The molecular formula is C13H17FN2O2. The molecule has 98 valence electrons. The van der Waals surface area contributed by atoms with Crippen LogP contribution in [-0.2, 0) is 4.74 Å². The number of amides is 1. The first-order valence-electron chi connectivity index (χ1n) is 6.03. The number of carbonyl (C=O) groups is 1. The summed E-state index contributed by atoms with van der Waals surface area (Å²) in [6.07, 6.45) is 1.81. The molecule has 1 aromatic carbocycles. The smallest absolute Gasteiger partial charge is 0.248 e. The van der Waals surface area contributed by atoms with Crippen LogP contribution < -0.4 is 11.1 Å². The SMILES string of the molecule is CC1CC(Nc2cc(C(N)=O)ccc2F)CCO1. The number of nitrogens with two attached hydrogens (primary N) is 1. The Kier molecular flexibility index (Phi) is 3.81. The van der Waals surface area contributed by atoms with Gasteiger partial charge in [0.1, 0.15) is 5.82 Å². The minimum atomic E-state index is -0.557. The van der Waals surface area contributed by atoms with Crippen molar-refractivity contribution in [2.24, 2.45) is 5.73 Å². The van der Waals surface area contributed by atoms with Gasteiger partial charge in [0, 0.05) is 18.2 Å². The Labute approximate surface area is 105 Å². The number of ether oxygens (including phenoxy) is 1. The zero-order valence-corrected chi connectivity index (χ0v) is 10.3. The highest BCUT2D eigenvalue weighted by Gasteiger charge is 2.20. The largest absolute Gasteiger partial charge is 0.380 e. The monoisotopic (exact) mass is 252 g/mol. The second kappa shape index (κ2) is 5.35. The summed E-state index contributed by atoms with van der Waals surface area (Å²) in [7, 11) is 0. The third-order valence-corrected chi connectivity index (χ3v) is 3.10. The van der Waals surface area contributed by atoms with Crippen LogP contribution in [0.3, 0.4) is 0 Å². The van der Waals surface area contributed by atoms with E-state index in [4.69, 9.17) is 10.5 Å². The van der Waals surface area contributed by atoms with Crippen LogP contribution in [0.25, 0.3) is 0 Å². The van der Waals surface area contributed by atoms with Crippen molar-refractivity contribution < 1.29 is 13.9 Å². The lowest BCUT2D eigenvalue weighted by Gasteiger charge is -2.28. The van der Waals surface area contributed by atoms with E-state index in [1.165, 1.54) is 18.2 Å². The van der Waals surface area contributed by atoms with Crippen LogP contribution in [0.1, 0.15) is 30.1 Å². The van der Waals surface area contributed by atoms with E-state index < -0.39 is 5.91 Å². The molecule has 18 heavy (non-hydrogen) atoms. The Hall–Kier alpha value is -1.62. The van der Waals surface area contributed by atoms with Crippen molar-refractivity contribution >= 4 is 11.6 Å². The van der Waals surface area contributed by atoms with E-state index in [0.29, 0.717) is 17.9 Å². The number of carbonyl (C=O) groups excluding carboxylic acids is 1. The summed E-state index contributed by atoms with van der Waals surface area (Å²) in [6.45, 7) is 2.65. The average Bonchev–Trinajstić information content (AvgIpc) is 2.31. The molecule has 0 saturated carbocycles. The van der Waals surface area contributed by atoms with Crippen LogP contribution in [0, 0.1) is 5.82 Å². The topological polar surface area (TPSA) is 64.3 Å². The lowest BCUT2D eigenvalue weighted by atomic mass is 10.0. The highest BCUT2D eigenvalue weighted by Crippen LogP contribution is 2.22. The lowest BCUT2D eigenvalue weighted by molar-refractivity contribution is 0.0232. The van der Waals surface area contributed by atoms with Gasteiger partial charge in [-0.2, -0.15) is 0 Å². The average molecular weight is 252 g/mol. The van der Waals surface area contributed by atoms with Gasteiger partial charge < -0.3 is 15.8 Å². The van der Waals surface area contributed by atoms with Crippen molar-refractivity contribution in [3.8, 4) is 0 Å². The summed E-state index contributed by atoms with van der Waals surface area (Å²) in [6, 6.07) is 4.25. The molecule has 0 bridgehead atoms. The van der Waals surface area contributed by atoms with Gasteiger partial charge in [-0.15, -0.1) is 0 Å². The Bertz CT molecular complexity index is 451. The molecule has 0 aromatic heterocycles. The van der Waals surface area contributed by atoms with Crippen molar-refractivity contribution in [3.05, 3.63) is 29.6 Å². The summed E-state index contributed by atoms with van der Waals surface area (Å²) >= 11 is 0. The first-order chi connectivity index (χ1) is 8.56. The fourth-order valence-electron chi connectivity index (χ4n) is 2.14. The van der Waals surface area contributed by atoms with Gasteiger partial charge in [0.05, 0.1) is 11.8 Å². The molecular weight excluding hydrogens is 235 g/mol. The van der Waals surface area contributed by atoms with E-state index in [9.17, 15) is 9.18 Å². The lowest BCUT2D eigenvalue weighted by Crippen LogP contribution is -2.32. The molecule has 1 amide bonds. The van der Waals surface area contributed by atoms with Crippen molar-refractivity contribution in [2.45, 2.75) is 31.9 Å². The van der Waals surface area contributed by atoms with E-state index >= 15 is 0 Å². The maximum Gasteiger partial charge on any atom is 0.248 e. The van der Waals surface area contributed by atoms with Gasteiger partial charge >= 0.3 is 0 Å². The van der Waals surface area contributed by atoms with Gasteiger partial charge in [-0.05, 0) is 38.0 Å². The molecule has 2 atom stereocenters. The van der Waals surface area contributed by atoms with Crippen LogP contribution in [0.2, 0.25) is 0 Å². The molecule has 0 aliphatic carbocycles. The van der Waals surface area contributed by atoms with Gasteiger partial charge in [-0.3, -0.25) is 4.79 Å². The van der Waals surface area contributed by atoms with Gasteiger partial charge in [-0.1, -0.05) is 0 Å². The van der Waals surface area contributed by atoms with E-state index in [-0.39, 0.29) is 18.0 Å². The van der Waals surface area contributed by atoms with E-state index in [1.54, 1.807) is 0 Å². The number of halogens is 1. The molecule has 1 saturated heterocycles. The van der Waals surface area contributed by atoms with Crippen LogP contribution in [0.5, 0.6) is 0 Å². The zero-order valence-electron chi connectivity index (χ0n) is 10.3. The molecule has 2 unspecified atom stereocenters. The van der Waals surface area contributed by atoms with Crippen molar-refractivity contribution in [2.75, 3.05) is 11.9 Å². The highest BCUT2D eigenvalue weighted by atomic mass is 19.1. The van der Waals surface area contributed by atoms with E-state index in [2.05, 4.69) is 5.32 Å². The summed E-state index contributed by atoms with van der Waals surface area (Å²) in [5.41, 5.74) is 5.81. The molecule has 4 nitrogen and oxygen atoms in total. The predicted molar refractivity (Wildman–Crippen MR) is 67.0 cm³/mol. The number of benzene rings is 1. The molecule has 1 aromatic rings. The molecule has 1 fully saturated rings. The van der Waals surface area contributed by atoms with Crippen molar-refractivity contribution in [3.63, 3.8) is 0 Å². The molecule has 5 heteroatoms. The molecule has 1 heterocycles. The van der Waals surface area contributed by atoms with Gasteiger partial charge in [-0.25, -0.2) is 4.39 Å². The number of rotatable bonds is 3. The summed E-state index contributed by atoms with van der Waals surface area (Å²) in [5.74, 6) is -0.933. The minimum Gasteiger partial charge on any atom is -0.380 e. The van der Waals surface area contributed by atoms with Gasteiger partial charge in [0.2, 0.25) is 5.91 Å². The molecule has 0 radical (unpaired) electrons. The maximum absolute atomic E-state index is 13.6. The van der Waals surface area contributed by atoms with Crippen molar-refractivity contribution in [1.29, 1.82) is 0 Å². The Balaban J connectivity index is 2.12. The van der Waals surface area contributed by atoms with E-state index in [1.807, 2.05) is 6.92 Å². The fraction of sp³-hybridized carbons (Fsp3) is 0.462. The highest BCUT2D eigenvalue weighted by molar-refractivity contribution is 5.93. The molecule has 1 aliphatic heterocycles. The van der Waals surface area contributed by atoms with Crippen molar-refractivity contribution in [1.82, 2.24) is 0 Å². The third-order valence-electron chi connectivity index (χ3n) is 3.10. The minimum absolute atomic E-state index is 0.159. The van der Waals surface area contributed by atoms with Crippen LogP contribution in [0.15, 0.2) is 18.2 Å².